The Kier molecular flexibility index (Phi) is 5.46. The Morgan fingerprint density at radius 2 is 1.96 bits per heavy atom. The molecule has 0 saturated carbocycles. The fourth-order valence-corrected chi connectivity index (χ4v) is 2.91. The van der Waals surface area contributed by atoms with Crippen molar-refractivity contribution in [1.29, 1.82) is 0 Å². The van der Waals surface area contributed by atoms with Crippen LogP contribution in [-0.4, -0.2) is 18.7 Å². The van der Waals surface area contributed by atoms with Crippen molar-refractivity contribution in [2.24, 2.45) is 5.10 Å². The van der Waals surface area contributed by atoms with Gasteiger partial charge >= 0.3 is 0 Å². The molecule has 4 nitrogen and oxygen atoms in total. The number of amides is 1. The standard InChI is InChI=1S/C20H17BrN2O2/c1-2-25-19-11-10-16(21)12-18(19)20(24)23-22-13-15-8-5-7-14-6-3-4-9-17(14)15/h3-13H,2H2,1H3,(H,23,24)/b22-13-. The van der Waals surface area contributed by atoms with Crippen molar-refractivity contribution in [2.45, 2.75) is 6.92 Å². The molecule has 0 fully saturated rings. The van der Waals surface area contributed by atoms with Gasteiger partial charge in [-0.2, -0.15) is 5.10 Å². The Morgan fingerprint density at radius 1 is 1.16 bits per heavy atom. The van der Waals surface area contributed by atoms with Crippen molar-refractivity contribution in [1.82, 2.24) is 5.43 Å². The van der Waals surface area contributed by atoms with Crippen molar-refractivity contribution in [3.05, 3.63) is 76.3 Å². The molecule has 3 aromatic rings. The van der Waals surface area contributed by atoms with E-state index in [-0.39, 0.29) is 5.91 Å². The predicted octanol–water partition coefficient (Wildman–Crippen LogP) is 4.76. The number of hydrogen-bond donors (Lipinski definition) is 1. The van der Waals surface area contributed by atoms with Crippen LogP contribution in [0.1, 0.15) is 22.8 Å². The molecule has 0 aliphatic heterocycles. The quantitative estimate of drug-likeness (QED) is 0.498. The number of carbonyl (C=O) groups excluding carboxylic acids is 1. The summed E-state index contributed by atoms with van der Waals surface area (Å²) in [4.78, 5) is 12.4. The van der Waals surface area contributed by atoms with Crippen LogP contribution in [-0.2, 0) is 0 Å². The van der Waals surface area contributed by atoms with Gasteiger partial charge in [-0.25, -0.2) is 5.43 Å². The summed E-state index contributed by atoms with van der Waals surface area (Å²) in [5, 5.41) is 6.32. The van der Waals surface area contributed by atoms with Gasteiger partial charge in [-0.15, -0.1) is 0 Å². The molecule has 0 spiro atoms. The molecular formula is C20H17BrN2O2. The summed E-state index contributed by atoms with van der Waals surface area (Å²) in [7, 11) is 0. The number of rotatable bonds is 5. The molecule has 5 heteroatoms. The zero-order chi connectivity index (χ0) is 17.6. The van der Waals surface area contributed by atoms with Crippen molar-refractivity contribution >= 4 is 38.8 Å². The Morgan fingerprint density at radius 3 is 2.80 bits per heavy atom. The first-order valence-corrected chi connectivity index (χ1v) is 8.72. The first kappa shape index (κ1) is 17.2. The summed E-state index contributed by atoms with van der Waals surface area (Å²) in [5.74, 6) is 0.213. The maximum atomic E-state index is 12.4. The average Bonchev–Trinajstić information content (AvgIpc) is 2.63. The average molecular weight is 397 g/mol. The van der Waals surface area contributed by atoms with Gasteiger partial charge in [-0.05, 0) is 35.9 Å². The molecule has 0 heterocycles. The zero-order valence-electron chi connectivity index (χ0n) is 13.7. The van der Waals surface area contributed by atoms with Crippen LogP contribution in [0.15, 0.2) is 70.2 Å². The van der Waals surface area contributed by atoms with Crippen LogP contribution in [0.3, 0.4) is 0 Å². The molecule has 1 N–H and O–H groups in total. The molecule has 0 aromatic heterocycles. The SMILES string of the molecule is CCOc1ccc(Br)cc1C(=O)N/N=C\c1cccc2ccccc12. The summed E-state index contributed by atoms with van der Waals surface area (Å²) in [5.41, 5.74) is 3.95. The van der Waals surface area contributed by atoms with Crippen LogP contribution in [0, 0.1) is 0 Å². The summed E-state index contributed by atoms with van der Waals surface area (Å²) >= 11 is 3.37. The van der Waals surface area contributed by atoms with Crippen molar-refractivity contribution in [2.75, 3.05) is 6.61 Å². The number of hydrazone groups is 1. The first-order valence-electron chi connectivity index (χ1n) is 7.92. The van der Waals surface area contributed by atoms with Gasteiger partial charge in [-0.1, -0.05) is 58.4 Å². The Balaban J connectivity index is 1.80. The summed E-state index contributed by atoms with van der Waals surface area (Å²) in [6.07, 6.45) is 1.65. The lowest BCUT2D eigenvalue weighted by Gasteiger charge is -2.09. The Bertz CT molecular complexity index is 933. The van der Waals surface area contributed by atoms with Crippen LogP contribution >= 0.6 is 15.9 Å². The van der Waals surface area contributed by atoms with E-state index in [4.69, 9.17) is 4.74 Å². The number of nitrogens with one attached hydrogen (secondary N) is 1. The number of nitrogens with zero attached hydrogens (tertiary/aromatic N) is 1. The van der Waals surface area contributed by atoms with Gasteiger partial charge in [0, 0.05) is 10.0 Å². The lowest BCUT2D eigenvalue weighted by atomic mass is 10.1. The number of halogens is 1. The molecule has 0 aliphatic rings. The second kappa shape index (κ2) is 7.94. The molecule has 25 heavy (non-hydrogen) atoms. The third-order valence-corrected chi connectivity index (χ3v) is 4.17. The summed E-state index contributed by atoms with van der Waals surface area (Å²) in [6, 6.07) is 19.3. The van der Waals surface area contributed by atoms with Crippen LogP contribution in [0.25, 0.3) is 10.8 Å². The summed E-state index contributed by atoms with van der Waals surface area (Å²) < 4.78 is 6.31. The molecule has 0 radical (unpaired) electrons. The van der Waals surface area contributed by atoms with E-state index in [1.165, 1.54) is 0 Å². The van der Waals surface area contributed by atoms with Gasteiger partial charge in [-0.3, -0.25) is 4.79 Å². The smallest absolute Gasteiger partial charge is 0.275 e. The topological polar surface area (TPSA) is 50.7 Å². The molecule has 0 saturated heterocycles. The number of ether oxygens (including phenoxy) is 1. The van der Waals surface area contributed by atoms with Gasteiger partial charge in [0.05, 0.1) is 18.4 Å². The monoisotopic (exact) mass is 396 g/mol. The molecule has 0 atom stereocenters. The number of carbonyl (C=O) groups is 1. The molecule has 3 aromatic carbocycles. The molecule has 1 amide bonds. The molecular weight excluding hydrogens is 380 g/mol. The summed E-state index contributed by atoms with van der Waals surface area (Å²) in [6.45, 7) is 2.36. The van der Waals surface area contributed by atoms with E-state index in [0.29, 0.717) is 17.9 Å². The van der Waals surface area contributed by atoms with E-state index in [1.54, 1.807) is 18.3 Å². The number of fused-ring (bicyclic) bond motifs is 1. The minimum Gasteiger partial charge on any atom is -0.493 e. The maximum absolute atomic E-state index is 12.4. The fourth-order valence-electron chi connectivity index (χ4n) is 2.54. The largest absolute Gasteiger partial charge is 0.493 e. The van der Waals surface area contributed by atoms with Gasteiger partial charge in [0.25, 0.3) is 5.91 Å². The Labute approximate surface area is 154 Å². The van der Waals surface area contributed by atoms with E-state index in [2.05, 4.69) is 26.5 Å². The van der Waals surface area contributed by atoms with E-state index >= 15 is 0 Å². The maximum Gasteiger partial charge on any atom is 0.275 e. The highest BCUT2D eigenvalue weighted by Crippen LogP contribution is 2.23. The van der Waals surface area contributed by atoms with Gasteiger partial charge in [0.2, 0.25) is 0 Å². The number of hydrogen-bond acceptors (Lipinski definition) is 3. The van der Waals surface area contributed by atoms with Gasteiger partial charge < -0.3 is 4.74 Å². The fraction of sp³-hybridized carbons (Fsp3) is 0.100. The lowest BCUT2D eigenvalue weighted by Crippen LogP contribution is -2.18. The third kappa shape index (κ3) is 4.06. The van der Waals surface area contributed by atoms with E-state index in [0.717, 1.165) is 20.8 Å². The van der Waals surface area contributed by atoms with Crippen molar-refractivity contribution in [3.63, 3.8) is 0 Å². The normalized spacial score (nSPS) is 11.0. The first-order chi connectivity index (χ1) is 12.2. The van der Waals surface area contributed by atoms with E-state index < -0.39 is 0 Å². The molecule has 0 aliphatic carbocycles. The highest BCUT2D eigenvalue weighted by Gasteiger charge is 2.12. The van der Waals surface area contributed by atoms with Crippen LogP contribution in [0.2, 0.25) is 0 Å². The number of benzene rings is 3. The highest BCUT2D eigenvalue weighted by molar-refractivity contribution is 9.10. The highest BCUT2D eigenvalue weighted by atomic mass is 79.9. The van der Waals surface area contributed by atoms with E-state index in [9.17, 15) is 4.79 Å². The van der Waals surface area contributed by atoms with Gasteiger partial charge in [0.1, 0.15) is 5.75 Å². The molecule has 0 bridgehead atoms. The molecule has 126 valence electrons. The second-order valence-corrected chi connectivity index (χ2v) is 6.26. The van der Waals surface area contributed by atoms with Crippen LogP contribution < -0.4 is 10.2 Å². The van der Waals surface area contributed by atoms with Crippen LogP contribution in [0.5, 0.6) is 5.75 Å². The van der Waals surface area contributed by atoms with Crippen molar-refractivity contribution < 1.29 is 9.53 Å². The minimum absolute atomic E-state index is 0.318. The molecule has 0 unspecified atom stereocenters. The van der Waals surface area contributed by atoms with Crippen LogP contribution in [0.4, 0.5) is 0 Å². The third-order valence-electron chi connectivity index (χ3n) is 3.68. The van der Waals surface area contributed by atoms with Gasteiger partial charge in [0.15, 0.2) is 0 Å². The Hall–Kier alpha value is -2.66. The molecule has 3 rings (SSSR count). The predicted molar refractivity (Wildman–Crippen MR) is 104 cm³/mol. The van der Waals surface area contributed by atoms with Crippen molar-refractivity contribution in [3.8, 4) is 5.75 Å². The second-order valence-electron chi connectivity index (χ2n) is 5.34. The zero-order valence-corrected chi connectivity index (χ0v) is 15.3. The lowest BCUT2D eigenvalue weighted by molar-refractivity contribution is 0.0951. The minimum atomic E-state index is -0.318. The van der Waals surface area contributed by atoms with E-state index in [1.807, 2.05) is 55.5 Å².